The number of carbonyl (C=O) groups excluding carboxylic acids is 1. The van der Waals surface area contributed by atoms with Crippen LogP contribution in [0.4, 0.5) is 0 Å². The molecule has 0 atom stereocenters. The lowest BCUT2D eigenvalue weighted by Gasteiger charge is -2.23. The Bertz CT molecular complexity index is 997. The van der Waals surface area contributed by atoms with E-state index in [0.29, 0.717) is 29.2 Å². The third-order valence-corrected chi connectivity index (χ3v) is 4.97. The number of hydrogen-bond acceptors (Lipinski definition) is 3. The van der Waals surface area contributed by atoms with E-state index >= 15 is 0 Å². The third-order valence-electron chi connectivity index (χ3n) is 4.97. The predicted molar refractivity (Wildman–Crippen MR) is 96.6 cm³/mol. The molecule has 0 aliphatic rings. The average Bonchev–Trinajstić information content (AvgIpc) is 2.64. The fraction of sp³-hybridized carbons (Fsp3) is 0.300. The number of benzene rings is 2. The van der Waals surface area contributed by atoms with Crippen molar-refractivity contribution in [2.24, 2.45) is 7.05 Å². The maximum Gasteiger partial charge on any atom is 0.197 e. The first-order valence-electron chi connectivity index (χ1n) is 8.21. The van der Waals surface area contributed by atoms with Gasteiger partial charge in [-0.25, -0.2) is 0 Å². The summed E-state index contributed by atoms with van der Waals surface area (Å²) in [7, 11) is 1.90. The molecule has 1 heterocycles. The Kier molecular flexibility index (Phi) is 4.01. The number of rotatable bonds is 4. The van der Waals surface area contributed by atoms with Crippen LogP contribution in [0.25, 0.3) is 21.8 Å². The molecule has 3 aromatic rings. The standard InChI is InChI=1S/C20H21NO3/c1-4-20(24,5-2)19(23)13-10-11-17-15(12-13)18(22)14-8-6-7-9-16(14)21(17)3/h6-12,24H,4-5H2,1-3H3. The number of ketones is 1. The van der Waals surface area contributed by atoms with Gasteiger partial charge in [-0.15, -0.1) is 0 Å². The van der Waals surface area contributed by atoms with Crippen molar-refractivity contribution in [3.63, 3.8) is 0 Å². The van der Waals surface area contributed by atoms with E-state index in [2.05, 4.69) is 0 Å². The quantitative estimate of drug-likeness (QED) is 0.591. The summed E-state index contributed by atoms with van der Waals surface area (Å²) in [6.45, 7) is 3.57. The predicted octanol–water partition coefficient (Wildman–Crippen LogP) is 3.43. The van der Waals surface area contributed by atoms with E-state index in [1.54, 1.807) is 38.1 Å². The average molecular weight is 323 g/mol. The van der Waals surface area contributed by atoms with E-state index in [4.69, 9.17) is 0 Å². The molecule has 0 fully saturated rings. The van der Waals surface area contributed by atoms with Crippen LogP contribution >= 0.6 is 0 Å². The molecule has 0 aliphatic heterocycles. The molecule has 24 heavy (non-hydrogen) atoms. The van der Waals surface area contributed by atoms with Gasteiger partial charge in [-0.1, -0.05) is 26.0 Å². The molecule has 1 N–H and O–H groups in total. The lowest BCUT2D eigenvalue weighted by molar-refractivity contribution is 0.0278. The van der Waals surface area contributed by atoms with E-state index in [1.165, 1.54) is 0 Å². The summed E-state index contributed by atoms with van der Waals surface area (Å²) in [5, 5.41) is 11.6. The first kappa shape index (κ1) is 16.4. The molecule has 4 nitrogen and oxygen atoms in total. The maximum atomic E-state index is 12.8. The van der Waals surface area contributed by atoms with Crippen molar-refractivity contribution in [1.82, 2.24) is 4.57 Å². The SMILES string of the molecule is CCC(O)(CC)C(=O)c1ccc2c(c1)c(=O)c1ccccc1n2C. The maximum absolute atomic E-state index is 12.8. The Morgan fingerprint density at radius 2 is 1.67 bits per heavy atom. The zero-order chi connectivity index (χ0) is 17.5. The van der Waals surface area contributed by atoms with Crippen molar-refractivity contribution in [2.45, 2.75) is 32.3 Å². The number of aromatic nitrogens is 1. The van der Waals surface area contributed by atoms with Gasteiger partial charge in [0.15, 0.2) is 11.2 Å². The van der Waals surface area contributed by atoms with E-state index < -0.39 is 5.60 Å². The van der Waals surface area contributed by atoms with Crippen molar-refractivity contribution in [3.05, 3.63) is 58.3 Å². The van der Waals surface area contributed by atoms with Gasteiger partial charge in [-0.2, -0.15) is 0 Å². The van der Waals surface area contributed by atoms with E-state index in [0.717, 1.165) is 11.0 Å². The fourth-order valence-corrected chi connectivity index (χ4v) is 3.22. The molecule has 0 radical (unpaired) electrons. The molecule has 0 aliphatic carbocycles. The lowest BCUT2D eigenvalue weighted by atomic mass is 9.87. The minimum Gasteiger partial charge on any atom is -0.382 e. The van der Waals surface area contributed by atoms with E-state index in [1.807, 2.05) is 29.8 Å². The number of aliphatic hydroxyl groups is 1. The van der Waals surface area contributed by atoms with Crippen molar-refractivity contribution >= 4 is 27.6 Å². The van der Waals surface area contributed by atoms with Crippen LogP contribution in [0.15, 0.2) is 47.3 Å². The highest BCUT2D eigenvalue weighted by Crippen LogP contribution is 2.24. The highest BCUT2D eigenvalue weighted by Gasteiger charge is 2.32. The first-order chi connectivity index (χ1) is 11.4. The summed E-state index contributed by atoms with van der Waals surface area (Å²) in [5.74, 6) is -0.329. The zero-order valence-electron chi connectivity index (χ0n) is 14.2. The van der Waals surface area contributed by atoms with Crippen LogP contribution in [0.2, 0.25) is 0 Å². The number of pyridine rings is 1. The molecule has 0 saturated heterocycles. The molecule has 0 bridgehead atoms. The van der Waals surface area contributed by atoms with Gasteiger partial charge in [-0.05, 0) is 43.2 Å². The van der Waals surface area contributed by atoms with Gasteiger partial charge in [0.1, 0.15) is 5.60 Å². The molecule has 0 unspecified atom stereocenters. The molecule has 0 saturated carbocycles. The van der Waals surface area contributed by atoms with E-state index in [-0.39, 0.29) is 11.2 Å². The summed E-state index contributed by atoms with van der Waals surface area (Å²) in [6, 6.07) is 12.5. The van der Waals surface area contributed by atoms with Crippen molar-refractivity contribution in [1.29, 1.82) is 0 Å². The topological polar surface area (TPSA) is 59.3 Å². The lowest BCUT2D eigenvalue weighted by Crippen LogP contribution is -2.37. The van der Waals surface area contributed by atoms with Gasteiger partial charge < -0.3 is 9.67 Å². The molecule has 1 aromatic heterocycles. The van der Waals surface area contributed by atoms with Crippen molar-refractivity contribution < 1.29 is 9.90 Å². The van der Waals surface area contributed by atoms with Crippen LogP contribution in [-0.2, 0) is 7.05 Å². The number of para-hydroxylation sites is 1. The Balaban J connectivity index is 2.30. The number of aryl methyl sites for hydroxylation is 1. The molecule has 0 spiro atoms. The minimum absolute atomic E-state index is 0.0927. The summed E-state index contributed by atoms with van der Waals surface area (Å²) >= 11 is 0. The Labute approximate surface area is 140 Å². The number of fused-ring (bicyclic) bond motifs is 2. The molecule has 2 aromatic carbocycles. The molecule has 4 heteroatoms. The van der Waals surface area contributed by atoms with Crippen molar-refractivity contribution in [2.75, 3.05) is 0 Å². The van der Waals surface area contributed by atoms with Crippen LogP contribution in [-0.4, -0.2) is 21.1 Å². The Morgan fingerprint density at radius 3 is 2.33 bits per heavy atom. The Morgan fingerprint density at radius 1 is 1.04 bits per heavy atom. The van der Waals surface area contributed by atoms with Gasteiger partial charge in [0, 0.05) is 23.4 Å². The largest absolute Gasteiger partial charge is 0.382 e. The van der Waals surface area contributed by atoms with Crippen LogP contribution < -0.4 is 5.43 Å². The number of carbonyl (C=O) groups is 1. The van der Waals surface area contributed by atoms with Gasteiger partial charge in [0.05, 0.1) is 11.0 Å². The molecular formula is C20H21NO3. The summed E-state index contributed by atoms with van der Waals surface area (Å²) in [5.41, 5.74) is 0.529. The van der Waals surface area contributed by atoms with E-state index in [9.17, 15) is 14.7 Å². The highest BCUT2D eigenvalue weighted by atomic mass is 16.3. The van der Waals surface area contributed by atoms with Crippen molar-refractivity contribution in [3.8, 4) is 0 Å². The second kappa shape index (κ2) is 5.87. The van der Waals surface area contributed by atoms with Gasteiger partial charge in [0.25, 0.3) is 0 Å². The monoisotopic (exact) mass is 323 g/mol. The first-order valence-corrected chi connectivity index (χ1v) is 8.21. The van der Waals surface area contributed by atoms with Crippen LogP contribution in [0, 0.1) is 0 Å². The Hall–Kier alpha value is -2.46. The summed E-state index contributed by atoms with van der Waals surface area (Å²) in [4.78, 5) is 25.5. The summed E-state index contributed by atoms with van der Waals surface area (Å²) < 4.78 is 1.95. The summed E-state index contributed by atoms with van der Waals surface area (Å²) in [6.07, 6.45) is 0.687. The highest BCUT2D eigenvalue weighted by molar-refractivity contribution is 6.05. The van der Waals surface area contributed by atoms with Gasteiger partial charge >= 0.3 is 0 Å². The second-order valence-corrected chi connectivity index (χ2v) is 6.21. The minimum atomic E-state index is -1.38. The van der Waals surface area contributed by atoms with Crippen LogP contribution in [0.5, 0.6) is 0 Å². The molecular weight excluding hydrogens is 302 g/mol. The third kappa shape index (κ3) is 2.34. The smallest absolute Gasteiger partial charge is 0.197 e. The molecule has 0 amide bonds. The number of hydrogen-bond donors (Lipinski definition) is 1. The van der Waals surface area contributed by atoms with Crippen LogP contribution in [0.3, 0.4) is 0 Å². The van der Waals surface area contributed by atoms with Gasteiger partial charge in [-0.3, -0.25) is 9.59 Å². The zero-order valence-corrected chi connectivity index (χ0v) is 14.2. The van der Waals surface area contributed by atoms with Gasteiger partial charge in [0.2, 0.25) is 0 Å². The molecule has 3 rings (SSSR count). The molecule has 124 valence electrons. The van der Waals surface area contributed by atoms with Crippen LogP contribution in [0.1, 0.15) is 37.0 Å². The fourth-order valence-electron chi connectivity index (χ4n) is 3.22. The second-order valence-electron chi connectivity index (χ2n) is 6.21. The normalized spacial score (nSPS) is 12.0. The number of nitrogens with zero attached hydrogens (tertiary/aromatic N) is 1. The number of Topliss-reactive ketones (excluding diaryl/α,β-unsaturated/α-hetero) is 1.